The van der Waals surface area contributed by atoms with E-state index in [1.165, 1.54) is 52.7 Å². The molecule has 0 radical (unpaired) electrons. The number of benzene rings is 4. The number of ether oxygens (including phenoxy) is 4. The molecule has 4 aromatic carbocycles. The van der Waals surface area contributed by atoms with Crippen LogP contribution in [0.3, 0.4) is 0 Å². The van der Waals surface area contributed by atoms with Crippen LogP contribution >= 0.6 is 0 Å². The molecule has 12 nitrogen and oxygen atoms in total. The molecule has 0 aromatic heterocycles. The third kappa shape index (κ3) is 9.44. The van der Waals surface area contributed by atoms with Gasteiger partial charge in [-0.15, -0.1) is 0 Å². The lowest BCUT2D eigenvalue weighted by Gasteiger charge is -2.17. The SMILES string of the molecule is COc1ccc(C(=O)[C@@H](C(=O)C(=O)NCCCNC(=O)C(=O)[C@@H](C(=O)c2ccc(OC)cc2)c2ccc(OC)cc2)c2ccc(OC)cc2)cc1. The molecule has 4 aromatic rings. The summed E-state index contributed by atoms with van der Waals surface area (Å²) in [4.78, 5) is 79.9. The first kappa shape index (κ1) is 37.5. The summed E-state index contributed by atoms with van der Waals surface area (Å²) in [5.41, 5.74) is 1.03. The number of carbonyl (C=O) groups excluding carboxylic acids is 6. The zero-order valence-corrected chi connectivity index (χ0v) is 28.6. The zero-order valence-electron chi connectivity index (χ0n) is 28.6. The van der Waals surface area contributed by atoms with Crippen LogP contribution in [-0.2, 0) is 19.2 Å². The lowest BCUT2D eigenvalue weighted by Crippen LogP contribution is -2.40. The van der Waals surface area contributed by atoms with Gasteiger partial charge in [-0.05, 0) is 90.3 Å². The molecule has 4 rings (SSSR count). The summed E-state index contributed by atoms with van der Waals surface area (Å²) < 4.78 is 20.7. The fourth-order valence-electron chi connectivity index (χ4n) is 5.21. The molecule has 0 aliphatic heterocycles. The number of methoxy groups -OCH3 is 4. The van der Waals surface area contributed by atoms with E-state index in [1.807, 2.05) is 0 Å². The van der Waals surface area contributed by atoms with Gasteiger partial charge in [0, 0.05) is 24.2 Å². The first-order valence-electron chi connectivity index (χ1n) is 15.9. The summed E-state index contributed by atoms with van der Waals surface area (Å²) in [6.45, 7) is -0.115. The summed E-state index contributed by atoms with van der Waals surface area (Å²) in [5, 5.41) is 4.99. The van der Waals surface area contributed by atoms with Crippen LogP contribution in [0.1, 0.15) is 50.1 Å². The van der Waals surface area contributed by atoms with Gasteiger partial charge in [0.05, 0.1) is 28.4 Å². The average Bonchev–Trinajstić information content (AvgIpc) is 3.18. The Hall–Kier alpha value is -6.30. The molecule has 0 heterocycles. The van der Waals surface area contributed by atoms with E-state index in [9.17, 15) is 28.8 Å². The van der Waals surface area contributed by atoms with E-state index in [-0.39, 0.29) is 30.6 Å². The highest BCUT2D eigenvalue weighted by Gasteiger charge is 2.35. The second-order valence-corrected chi connectivity index (χ2v) is 11.2. The van der Waals surface area contributed by atoms with Crippen LogP contribution < -0.4 is 29.6 Å². The lowest BCUT2D eigenvalue weighted by atomic mass is 9.86. The molecule has 0 saturated carbocycles. The molecule has 0 unspecified atom stereocenters. The van der Waals surface area contributed by atoms with Crippen molar-refractivity contribution in [2.75, 3.05) is 41.5 Å². The summed E-state index contributed by atoms with van der Waals surface area (Å²) >= 11 is 0. The molecule has 2 atom stereocenters. The van der Waals surface area contributed by atoms with Crippen molar-refractivity contribution >= 4 is 34.9 Å². The number of hydrogen-bond acceptors (Lipinski definition) is 10. The maximum absolute atomic E-state index is 13.5. The largest absolute Gasteiger partial charge is 0.497 e. The van der Waals surface area contributed by atoms with Crippen LogP contribution in [0.2, 0.25) is 0 Å². The minimum absolute atomic E-state index is 0.0577. The van der Waals surface area contributed by atoms with Crippen molar-refractivity contribution < 1.29 is 47.7 Å². The topological polar surface area (TPSA) is 163 Å². The summed E-state index contributed by atoms with van der Waals surface area (Å²) in [6.07, 6.45) is 0.136. The van der Waals surface area contributed by atoms with Gasteiger partial charge in [0.1, 0.15) is 34.8 Å². The Kier molecular flexibility index (Phi) is 13.2. The van der Waals surface area contributed by atoms with E-state index >= 15 is 0 Å². The van der Waals surface area contributed by atoms with E-state index in [2.05, 4.69) is 10.6 Å². The van der Waals surface area contributed by atoms with Crippen LogP contribution in [0.15, 0.2) is 97.1 Å². The number of nitrogens with one attached hydrogen (secondary N) is 2. The molecule has 51 heavy (non-hydrogen) atoms. The number of Topliss-reactive ketones (excluding diaryl/α,β-unsaturated/α-hetero) is 4. The monoisotopic (exact) mass is 694 g/mol. The molecule has 0 bridgehead atoms. The third-order valence-corrected chi connectivity index (χ3v) is 8.07. The Morgan fingerprint density at radius 3 is 1.00 bits per heavy atom. The van der Waals surface area contributed by atoms with E-state index in [1.54, 1.807) is 72.8 Å². The maximum atomic E-state index is 13.5. The number of amides is 2. The summed E-state index contributed by atoms with van der Waals surface area (Å²) in [5.74, 6) is -5.91. The molecule has 12 heteroatoms. The van der Waals surface area contributed by atoms with Gasteiger partial charge in [0.2, 0.25) is 11.6 Å². The number of ketones is 4. The van der Waals surface area contributed by atoms with E-state index < -0.39 is 46.8 Å². The van der Waals surface area contributed by atoms with Gasteiger partial charge < -0.3 is 29.6 Å². The van der Waals surface area contributed by atoms with Gasteiger partial charge in [-0.2, -0.15) is 0 Å². The van der Waals surface area contributed by atoms with Crippen molar-refractivity contribution in [3.63, 3.8) is 0 Å². The smallest absolute Gasteiger partial charge is 0.288 e. The molecule has 0 aliphatic carbocycles. The highest BCUT2D eigenvalue weighted by molar-refractivity contribution is 6.44. The Labute approximate surface area is 295 Å². The van der Waals surface area contributed by atoms with Gasteiger partial charge in [-0.25, -0.2) is 0 Å². The Bertz CT molecular complexity index is 1720. The Morgan fingerprint density at radius 2 is 0.725 bits per heavy atom. The third-order valence-electron chi connectivity index (χ3n) is 8.07. The van der Waals surface area contributed by atoms with Crippen molar-refractivity contribution in [2.45, 2.75) is 18.3 Å². The van der Waals surface area contributed by atoms with E-state index in [0.717, 1.165) is 0 Å². The van der Waals surface area contributed by atoms with Crippen LogP contribution in [-0.4, -0.2) is 76.5 Å². The predicted octanol–water partition coefficient (Wildman–Crippen LogP) is 4.11. The normalized spacial score (nSPS) is 11.7. The zero-order chi connectivity index (χ0) is 36.9. The highest BCUT2D eigenvalue weighted by Crippen LogP contribution is 2.27. The summed E-state index contributed by atoms with van der Waals surface area (Å²) in [7, 11) is 5.93. The molecule has 0 fully saturated rings. The Morgan fingerprint density at radius 1 is 0.451 bits per heavy atom. The van der Waals surface area contributed by atoms with Crippen molar-refractivity contribution in [3.05, 3.63) is 119 Å². The van der Waals surface area contributed by atoms with Gasteiger partial charge in [0.25, 0.3) is 11.8 Å². The fourth-order valence-corrected chi connectivity index (χ4v) is 5.21. The molecular formula is C39H38N2O10. The van der Waals surface area contributed by atoms with E-state index in [4.69, 9.17) is 18.9 Å². The van der Waals surface area contributed by atoms with Crippen molar-refractivity contribution in [1.29, 1.82) is 0 Å². The fraction of sp³-hybridized carbons (Fsp3) is 0.231. The molecule has 264 valence electrons. The standard InChI is InChI=1S/C39H38N2O10/c1-48-28-14-6-24(7-15-28)32(34(42)26-10-18-30(50-3)19-11-26)36(44)38(46)40-22-5-23-41-39(47)37(45)33(25-8-16-29(49-2)17-9-25)35(43)27-12-20-31(51-4)21-13-27/h6-21,32-33H,5,22-23H2,1-4H3,(H,40,46)(H,41,47)/t32-,33+. The van der Waals surface area contributed by atoms with Gasteiger partial charge in [-0.3, -0.25) is 28.8 Å². The van der Waals surface area contributed by atoms with Crippen LogP contribution in [0.25, 0.3) is 0 Å². The van der Waals surface area contributed by atoms with Crippen molar-refractivity contribution in [3.8, 4) is 23.0 Å². The predicted molar refractivity (Wildman–Crippen MR) is 187 cm³/mol. The molecule has 0 saturated heterocycles. The minimum Gasteiger partial charge on any atom is -0.497 e. The quantitative estimate of drug-likeness (QED) is 0.0671. The average molecular weight is 695 g/mol. The first-order valence-corrected chi connectivity index (χ1v) is 15.9. The van der Waals surface area contributed by atoms with Crippen LogP contribution in [0, 0.1) is 0 Å². The van der Waals surface area contributed by atoms with Gasteiger partial charge in [0.15, 0.2) is 11.6 Å². The van der Waals surface area contributed by atoms with Gasteiger partial charge >= 0.3 is 0 Å². The van der Waals surface area contributed by atoms with Crippen LogP contribution in [0.4, 0.5) is 0 Å². The van der Waals surface area contributed by atoms with Crippen molar-refractivity contribution in [1.82, 2.24) is 10.6 Å². The number of rotatable bonds is 18. The molecule has 2 amide bonds. The molecule has 0 spiro atoms. The minimum atomic E-state index is -1.43. The highest BCUT2D eigenvalue weighted by atomic mass is 16.5. The molecule has 2 N–H and O–H groups in total. The maximum Gasteiger partial charge on any atom is 0.288 e. The second-order valence-electron chi connectivity index (χ2n) is 11.2. The number of hydrogen-bond donors (Lipinski definition) is 2. The van der Waals surface area contributed by atoms with Crippen LogP contribution in [0.5, 0.6) is 23.0 Å². The van der Waals surface area contributed by atoms with E-state index in [0.29, 0.717) is 34.1 Å². The Balaban J connectivity index is 1.39. The first-order chi connectivity index (χ1) is 24.6. The second kappa shape index (κ2) is 17.9. The summed E-state index contributed by atoms with van der Waals surface area (Å²) in [6, 6.07) is 24.9. The van der Waals surface area contributed by atoms with Gasteiger partial charge in [-0.1, -0.05) is 24.3 Å². The molecule has 0 aliphatic rings. The lowest BCUT2D eigenvalue weighted by molar-refractivity contribution is -0.138. The number of carbonyl (C=O) groups is 6. The molecular weight excluding hydrogens is 656 g/mol. The van der Waals surface area contributed by atoms with Crippen molar-refractivity contribution in [2.24, 2.45) is 0 Å².